The van der Waals surface area contributed by atoms with Gasteiger partial charge in [-0.15, -0.1) is 0 Å². The summed E-state index contributed by atoms with van der Waals surface area (Å²) in [6, 6.07) is 0. The minimum absolute atomic E-state index is 0.0211. The lowest BCUT2D eigenvalue weighted by atomic mass is 10.1. The van der Waals surface area contributed by atoms with Crippen LogP contribution in [0.2, 0.25) is 0 Å². The number of carbonyl (C=O) groups is 2. The summed E-state index contributed by atoms with van der Waals surface area (Å²) in [5.41, 5.74) is 0. The van der Waals surface area contributed by atoms with Crippen LogP contribution in [0.25, 0.3) is 0 Å². The molecular formula is C41H83NO5. The van der Waals surface area contributed by atoms with Crippen LogP contribution in [0.15, 0.2) is 0 Å². The first-order valence-electron chi connectivity index (χ1n) is 20.6. The normalized spacial score (nSPS) is 11.7. The molecule has 0 saturated heterocycles. The Balaban J connectivity index is 0. The van der Waals surface area contributed by atoms with Gasteiger partial charge in [0.1, 0.15) is 6.10 Å². The van der Waals surface area contributed by atoms with Crippen molar-refractivity contribution in [3.8, 4) is 0 Å². The molecule has 1 unspecified atom stereocenters. The maximum Gasteiger partial charge on any atom is 0.306 e. The highest BCUT2D eigenvalue weighted by Crippen LogP contribution is 2.15. The molecule has 0 fully saturated rings. The third-order valence-corrected chi connectivity index (χ3v) is 9.19. The quantitative estimate of drug-likeness (QED) is 0.0534. The Morgan fingerprint density at radius 3 is 1.30 bits per heavy atom. The van der Waals surface area contributed by atoms with Crippen molar-refractivity contribution >= 4 is 11.9 Å². The standard InChI is InChI=1S/C30H59NO5.C11H24/c1-4-6-7-8-11-16-21-28(5-2)36-30(34)23-18-13-10-15-20-25-31(26-27-32)24-19-14-9-12-17-22-29(33)35-3;1-3-5-7-9-11-10-8-6-4-2/h28,32H,4-27H2,1-3H3;3-11H2,1-2H3. The molecule has 0 aliphatic carbocycles. The van der Waals surface area contributed by atoms with Crippen molar-refractivity contribution in [1.29, 1.82) is 0 Å². The maximum atomic E-state index is 12.2. The number of unbranched alkanes of at least 4 members (excludes halogenated alkanes) is 21. The van der Waals surface area contributed by atoms with Crippen LogP contribution in [-0.4, -0.2) is 61.4 Å². The van der Waals surface area contributed by atoms with Gasteiger partial charge in [-0.2, -0.15) is 0 Å². The number of aliphatic hydroxyl groups excluding tert-OH is 1. The molecule has 0 saturated carbocycles. The van der Waals surface area contributed by atoms with E-state index in [1.165, 1.54) is 110 Å². The molecule has 0 heterocycles. The number of ether oxygens (including phenoxy) is 2. The van der Waals surface area contributed by atoms with Crippen molar-refractivity contribution < 1.29 is 24.2 Å². The van der Waals surface area contributed by atoms with Crippen LogP contribution < -0.4 is 0 Å². The lowest BCUT2D eigenvalue weighted by Crippen LogP contribution is -2.29. The molecule has 47 heavy (non-hydrogen) atoms. The van der Waals surface area contributed by atoms with Crippen LogP contribution in [0.5, 0.6) is 0 Å². The number of carbonyl (C=O) groups excluding carboxylic acids is 2. The largest absolute Gasteiger partial charge is 0.469 e. The summed E-state index contributed by atoms with van der Waals surface area (Å²) >= 11 is 0. The van der Waals surface area contributed by atoms with Gasteiger partial charge in [0.05, 0.1) is 13.7 Å². The van der Waals surface area contributed by atoms with Gasteiger partial charge in [-0.25, -0.2) is 0 Å². The van der Waals surface area contributed by atoms with Crippen molar-refractivity contribution in [1.82, 2.24) is 4.90 Å². The van der Waals surface area contributed by atoms with E-state index in [0.29, 0.717) is 12.8 Å². The van der Waals surface area contributed by atoms with Gasteiger partial charge in [0.25, 0.3) is 0 Å². The van der Waals surface area contributed by atoms with Gasteiger partial charge in [0, 0.05) is 19.4 Å². The van der Waals surface area contributed by atoms with Gasteiger partial charge in [-0.3, -0.25) is 9.59 Å². The Hall–Kier alpha value is -1.14. The van der Waals surface area contributed by atoms with Gasteiger partial charge in [-0.05, 0) is 58.0 Å². The second-order valence-electron chi connectivity index (χ2n) is 13.7. The van der Waals surface area contributed by atoms with Crippen LogP contribution >= 0.6 is 0 Å². The third kappa shape index (κ3) is 39.2. The Kier molecular flexibility index (Phi) is 41.9. The van der Waals surface area contributed by atoms with Crippen LogP contribution in [-0.2, 0) is 19.1 Å². The first-order valence-corrected chi connectivity index (χ1v) is 20.6. The lowest BCUT2D eigenvalue weighted by molar-refractivity contribution is -0.149. The van der Waals surface area contributed by atoms with E-state index < -0.39 is 0 Å². The zero-order chi connectivity index (χ0) is 35.1. The van der Waals surface area contributed by atoms with E-state index in [0.717, 1.165) is 90.3 Å². The van der Waals surface area contributed by atoms with E-state index >= 15 is 0 Å². The molecule has 0 aromatic carbocycles. The summed E-state index contributed by atoms with van der Waals surface area (Å²) in [6.45, 7) is 11.9. The zero-order valence-corrected chi connectivity index (χ0v) is 32.4. The molecule has 0 amide bonds. The van der Waals surface area contributed by atoms with E-state index in [1.807, 2.05) is 0 Å². The minimum Gasteiger partial charge on any atom is -0.469 e. The monoisotopic (exact) mass is 670 g/mol. The van der Waals surface area contributed by atoms with Gasteiger partial charge in [-0.1, -0.05) is 156 Å². The number of hydrogen-bond donors (Lipinski definition) is 1. The minimum atomic E-state index is -0.118. The first-order chi connectivity index (χ1) is 23.0. The zero-order valence-electron chi connectivity index (χ0n) is 32.4. The van der Waals surface area contributed by atoms with E-state index in [4.69, 9.17) is 4.74 Å². The molecule has 0 aromatic heterocycles. The summed E-state index contributed by atoms with van der Waals surface area (Å²) in [5.74, 6) is -0.139. The van der Waals surface area contributed by atoms with Crippen molar-refractivity contribution in [2.75, 3.05) is 33.4 Å². The molecule has 6 heteroatoms. The number of esters is 2. The fourth-order valence-electron chi connectivity index (χ4n) is 5.98. The van der Waals surface area contributed by atoms with E-state index in [2.05, 4.69) is 37.3 Å². The van der Waals surface area contributed by atoms with Gasteiger partial charge < -0.3 is 19.5 Å². The van der Waals surface area contributed by atoms with E-state index in [9.17, 15) is 14.7 Å². The second-order valence-corrected chi connectivity index (χ2v) is 13.7. The van der Waals surface area contributed by atoms with Gasteiger partial charge >= 0.3 is 11.9 Å². The lowest BCUT2D eigenvalue weighted by Gasteiger charge is -2.21. The van der Waals surface area contributed by atoms with Crippen LogP contribution in [0.1, 0.15) is 214 Å². The van der Waals surface area contributed by atoms with Crippen LogP contribution in [0.3, 0.4) is 0 Å². The Morgan fingerprint density at radius 2 is 0.894 bits per heavy atom. The predicted octanol–water partition coefficient (Wildman–Crippen LogP) is 11.7. The Bertz CT molecular complexity index is 621. The number of methoxy groups -OCH3 is 1. The molecule has 282 valence electrons. The smallest absolute Gasteiger partial charge is 0.306 e. The molecule has 0 radical (unpaired) electrons. The molecule has 0 bridgehead atoms. The molecule has 6 nitrogen and oxygen atoms in total. The SMILES string of the molecule is CCCCCCCCC(CC)OC(=O)CCCCCCCN(CCO)CCCCCCCC(=O)OC.CCCCCCCCCCC. The topological polar surface area (TPSA) is 76.1 Å². The Morgan fingerprint density at radius 1 is 0.511 bits per heavy atom. The fourth-order valence-corrected chi connectivity index (χ4v) is 5.98. The van der Waals surface area contributed by atoms with Gasteiger partial charge in [0.15, 0.2) is 0 Å². The highest BCUT2D eigenvalue weighted by Gasteiger charge is 2.12. The molecule has 0 aliphatic heterocycles. The molecule has 0 spiro atoms. The van der Waals surface area contributed by atoms with Crippen molar-refractivity contribution in [3.05, 3.63) is 0 Å². The summed E-state index contributed by atoms with van der Waals surface area (Å²) in [5, 5.41) is 9.35. The molecule has 1 atom stereocenters. The van der Waals surface area contributed by atoms with Crippen molar-refractivity contribution in [3.63, 3.8) is 0 Å². The van der Waals surface area contributed by atoms with Crippen LogP contribution in [0, 0.1) is 0 Å². The number of rotatable bonds is 35. The number of hydrogen-bond acceptors (Lipinski definition) is 6. The average Bonchev–Trinajstić information content (AvgIpc) is 3.08. The van der Waals surface area contributed by atoms with Gasteiger partial charge in [0.2, 0.25) is 0 Å². The Labute approximate surface area is 293 Å². The summed E-state index contributed by atoms with van der Waals surface area (Å²) in [7, 11) is 1.44. The average molecular weight is 670 g/mol. The fraction of sp³-hybridized carbons (Fsp3) is 0.951. The summed E-state index contributed by atoms with van der Waals surface area (Å²) in [6.07, 6.45) is 34.6. The highest BCUT2D eigenvalue weighted by molar-refractivity contribution is 5.69. The number of nitrogens with zero attached hydrogens (tertiary/aromatic N) is 1. The molecule has 0 aromatic rings. The van der Waals surface area contributed by atoms with Crippen LogP contribution in [0.4, 0.5) is 0 Å². The van der Waals surface area contributed by atoms with E-state index in [1.54, 1.807) is 0 Å². The number of aliphatic hydroxyl groups is 1. The van der Waals surface area contributed by atoms with Crippen molar-refractivity contribution in [2.45, 2.75) is 220 Å². The van der Waals surface area contributed by atoms with E-state index in [-0.39, 0.29) is 24.6 Å². The molecule has 0 aliphatic rings. The summed E-state index contributed by atoms with van der Waals surface area (Å²) < 4.78 is 10.4. The van der Waals surface area contributed by atoms with Crippen molar-refractivity contribution in [2.24, 2.45) is 0 Å². The first kappa shape index (κ1) is 48.0. The third-order valence-electron chi connectivity index (χ3n) is 9.19. The second kappa shape index (κ2) is 41.0. The summed E-state index contributed by atoms with van der Waals surface area (Å²) in [4.78, 5) is 25.7. The molecule has 1 N–H and O–H groups in total. The maximum absolute atomic E-state index is 12.2. The predicted molar refractivity (Wildman–Crippen MR) is 202 cm³/mol. The molecular weight excluding hydrogens is 586 g/mol. The highest BCUT2D eigenvalue weighted by atomic mass is 16.5. The molecule has 0 rings (SSSR count).